The van der Waals surface area contributed by atoms with E-state index in [4.69, 9.17) is 4.74 Å². The molecule has 3 rings (SSSR count). The molecule has 0 aliphatic carbocycles. The van der Waals surface area contributed by atoms with Crippen LogP contribution in [0.5, 0.6) is 5.75 Å². The van der Waals surface area contributed by atoms with Gasteiger partial charge in [0.2, 0.25) is 0 Å². The topological polar surface area (TPSA) is 12.5 Å². The largest absolute Gasteiger partial charge is 0.496 e. The van der Waals surface area contributed by atoms with Gasteiger partial charge < -0.3 is 4.74 Å². The van der Waals surface area contributed by atoms with E-state index in [9.17, 15) is 0 Å². The van der Waals surface area contributed by atoms with Crippen LogP contribution in [0.15, 0.2) is 24.3 Å². The average Bonchev–Trinajstić information content (AvgIpc) is 2.69. The molecule has 2 heteroatoms. The Labute approximate surface area is 116 Å². The van der Waals surface area contributed by atoms with Crippen LogP contribution < -0.4 is 4.74 Å². The summed E-state index contributed by atoms with van der Waals surface area (Å²) in [7, 11) is 1.80. The first-order valence-corrected chi connectivity index (χ1v) is 7.77. The van der Waals surface area contributed by atoms with Crippen molar-refractivity contribution in [2.45, 2.75) is 50.5 Å². The average molecular weight is 259 g/mol. The lowest BCUT2D eigenvalue weighted by Gasteiger charge is -2.39. The zero-order valence-electron chi connectivity index (χ0n) is 12.0. The summed E-state index contributed by atoms with van der Waals surface area (Å²) in [6.07, 6.45) is 8.18. The fourth-order valence-electron chi connectivity index (χ4n) is 3.96. The van der Waals surface area contributed by atoms with Crippen LogP contribution in [0.4, 0.5) is 0 Å². The number of methoxy groups -OCH3 is 1. The fraction of sp³-hybridized carbons (Fsp3) is 0.647. The molecule has 0 radical (unpaired) electrons. The number of nitrogens with zero attached hydrogens (tertiary/aromatic N) is 1. The van der Waals surface area contributed by atoms with E-state index in [1.54, 1.807) is 7.11 Å². The molecule has 1 aromatic rings. The maximum atomic E-state index is 5.60. The van der Waals surface area contributed by atoms with E-state index in [2.05, 4.69) is 29.2 Å². The molecule has 2 fully saturated rings. The van der Waals surface area contributed by atoms with Gasteiger partial charge in [0.05, 0.1) is 7.11 Å². The Bertz CT molecular complexity index is 417. The van der Waals surface area contributed by atoms with Crippen molar-refractivity contribution in [2.75, 3.05) is 20.2 Å². The van der Waals surface area contributed by atoms with Crippen molar-refractivity contribution in [3.63, 3.8) is 0 Å². The summed E-state index contributed by atoms with van der Waals surface area (Å²) in [6.45, 7) is 2.60. The normalized spacial score (nSPS) is 28.5. The number of hydrogen-bond acceptors (Lipinski definition) is 2. The van der Waals surface area contributed by atoms with Gasteiger partial charge >= 0.3 is 0 Å². The number of piperidine rings is 1. The summed E-state index contributed by atoms with van der Waals surface area (Å²) in [5.41, 5.74) is 1.43. The molecule has 2 nitrogen and oxygen atoms in total. The van der Waals surface area contributed by atoms with Gasteiger partial charge in [0.1, 0.15) is 5.75 Å². The van der Waals surface area contributed by atoms with Gasteiger partial charge in [-0.1, -0.05) is 31.0 Å². The number of para-hydroxylation sites is 1. The van der Waals surface area contributed by atoms with Crippen LogP contribution in [0.1, 0.15) is 50.0 Å². The van der Waals surface area contributed by atoms with Crippen LogP contribution in [0, 0.1) is 0 Å². The second kappa shape index (κ2) is 5.96. The van der Waals surface area contributed by atoms with Crippen molar-refractivity contribution in [3.8, 4) is 5.75 Å². The van der Waals surface area contributed by atoms with Crippen LogP contribution >= 0.6 is 0 Å². The highest BCUT2D eigenvalue weighted by molar-refractivity contribution is 5.37. The maximum absolute atomic E-state index is 5.60. The Hall–Kier alpha value is -1.02. The lowest BCUT2D eigenvalue weighted by Crippen LogP contribution is -2.42. The molecule has 2 aliphatic rings. The Morgan fingerprint density at radius 2 is 1.74 bits per heavy atom. The summed E-state index contributed by atoms with van der Waals surface area (Å²) in [6, 6.07) is 9.38. The van der Waals surface area contributed by atoms with Crippen LogP contribution in [0.2, 0.25) is 0 Å². The second-order valence-electron chi connectivity index (χ2n) is 5.94. The molecule has 104 valence electrons. The molecular weight excluding hydrogens is 234 g/mol. The van der Waals surface area contributed by atoms with E-state index >= 15 is 0 Å². The van der Waals surface area contributed by atoms with Crippen LogP contribution in [-0.2, 0) is 0 Å². The third kappa shape index (κ3) is 2.64. The van der Waals surface area contributed by atoms with E-state index in [0.29, 0.717) is 5.92 Å². The first-order chi connectivity index (χ1) is 9.40. The van der Waals surface area contributed by atoms with Crippen molar-refractivity contribution in [1.29, 1.82) is 0 Å². The molecular formula is C17H25NO. The predicted molar refractivity (Wildman–Crippen MR) is 78.8 cm³/mol. The lowest BCUT2D eigenvalue weighted by molar-refractivity contribution is 0.136. The van der Waals surface area contributed by atoms with Gasteiger partial charge in [-0.2, -0.15) is 0 Å². The molecule has 2 atom stereocenters. The first-order valence-electron chi connectivity index (χ1n) is 7.77. The Morgan fingerprint density at radius 3 is 2.53 bits per heavy atom. The standard InChI is InChI=1S/C17H25NO/c1-19-17-11-3-2-9-15(17)14-8-4-6-12-18-13-7-5-10-16(14)18/h2-3,9,11,14,16H,4-8,10,12-13H2,1H3. The number of rotatable bonds is 2. The van der Waals surface area contributed by atoms with Gasteiger partial charge in [0, 0.05) is 12.0 Å². The van der Waals surface area contributed by atoms with Gasteiger partial charge in [-0.05, 0) is 50.4 Å². The molecule has 0 amide bonds. The summed E-state index contributed by atoms with van der Waals surface area (Å²) >= 11 is 0. The van der Waals surface area contributed by atoms with Crippen molar-refractivity contribution in [1.82, 2.24) is 4.90 Å². The van der Waals surface area contributed by atoms with Crippen LogP contribution in [0.3, 0.4) is 0 Å². The molecule has 2 unspecified atom stereocenters. The van der Waals surface area contributed by atoms with Gasteiger partial charge in [-0.15, -0.1) is 0 Å². The third-order valence-corrected chi connectivity index (χ3v) is 4.88. The molecule has 2 heterocycles. The molecule has 0 saturated carbocycles. The SMILES string of the molecule is COc1ccccc1C1CCCCN2CCCCC12. The number of ether oxygens (including phenoxy) is 1. The minimum absolute atomic E-state index is 0.666. The zero-order chi connectivity index (χ0) is 13.1. The van der Waals surface area contributed by atoms with Crippen molar-refractivity contribution < 1.29 is 4.74 Å². The zero-order valence-corrected chi connectivity index (χ0v) is 12.0. The molecule has 0 spiro atoms. The highest BCUT2D eigenvalue weighted by atomic mass is 16.5. The van der Waals surface area contributed by atoms with Crippen LogP contribution in [0.25, 0.3) is 0 Å². The third-order valence-electron chi connectivity index (χ3n) is 4.88. The minimum Gasteiger partial charge on any atom is -0.496 e. The molecule has 2 saturated heterocycles. The molecule has 0 aromatic heterocycles. The summed E-state index contributed by atoms with van der Waals surface area (Å²) in [4.78, 5) is 2.74. The second-order valence-corrected chi connectivity index (χ2v) is 5.94. The van der Waals surface area contributed by atoms with E-state index in [0.717, 1.165) is 11.8 Å². The first kappa shape index (κ1) is 13.0. The summed E-state index contributed by atoms with van der Waals surface area (Å²) in [5.74, 6) is 1.75. The van der Waals surface area contributed by atoms with Crippen molar-refractivity contribution in [3.05, 3.63) is 29.8 Å². The quantitative estimate of drug-likeness (QED) is 0.800. The number of hydrogen-bond donors (Lipinski definition) is 0. The predicted octanol–water partition coefficient (Wildman–Crippen LogP) is 3.82. The lowest BCUT2D eigenvalue weighted by atomic mass is 9.83. The molecule has 0 bridgehead atoms. The van der Waals surface area contributed by atoms with Crippen molar-refractivity contribution in [2.24, 2.45) is 0 Å². The van der Waals surface area contributed by atoms with Crippen LogP contribution in [-0.4, -0.2) is 31.1 Å². The van der Waals surface area contributed by atoms with Gasteiger partial charge in [0.15, 0.2) is 0 Å². The van der Waals surface area contributed by atoms with Gasteiger partial charge in [-0.25, -0.2) is 0 Å². The fourth-order valence-corrected chi connectivity index (χ4v) is 3.96. The monoisotopic (exact) mass is 259 g/mol. The van der Waals surface area contributed by atoms with Gasteiger partial charge in [-0.3, -0.25) is 4.90 Å². The number of fused-ring (bicyclic) bond motifs is 1. The number of benzene rings is 1. The summed E-state index contributed by atoms with van der Waals surface area (Å²) in [5, 5.41) is 0. The van der Waals surface area contributed by atoms with E-state index in [-0.39, 0.29) is 0 Å². The minimum atomic E-state index is 0.666. The Balaban J connectivity index is 1.91. The van der Waals surface area contributed by atoms with E-state index < -0.39 is 0 Å². The van der Waals surface area contributed by atoms with E-state index in [1.165, 1.54) is 57.2 Å². The molecule has 0 N–H and O–H groups in total. The summed E-state index contributed by atoms with van der Waals surface area (Å²) < 4.78 is 5.60. The van der Waals surface area contributed by atoms with Gasteiger partial charge in [0.25, 0.3) is 0 Å². The van der Waals surface area contributed by atoms with E-state index in [1.807, 2.05) is 0 Å². The highest BCUT2D eigenvalue weighted by Gasteiger charge is 2.33. The Morgan fingerprint density at radius 1 is 1.00 bits per heavy atom. The maximum Gasteiger partial charge on any atom is 0.122 e. The Kier molecular flexibility index (Phi) is 4.07. The molecule has 19 heavy (non-hydrogen) atoms. The van der Waals surface area contributed by atoms with Crippen molar-refractivity contribution >= 4 is 0 Å². The molecule has 1 aromatic carbocycles. The highest BCUT2D eigenvalue weighted by Crippen LogP contribution is 2.39. The molecule has 2 aliphatic heterocycles. The smallest absolute Gasteiger partial charge is 0.122 e.